The molecule has 2 rings (SSSR count). The van der Waals surface area contributed by atoms with Crippen LogP contribution >= 0.6 is 11.6 Å². The highest BCUT2D eigenvalue weighted by Crippen LogP contribution is 2.34. The smallest absolute Gasteiger partial charge is 0.0291 e. The number of halogens is 1. The lowest BCUT2D eigenvalue weighted by Crippen LogP contribution is -2.38. The van der Waals surface area contributed by atoms with Gasteiger partial charge in [0.1, 0.15) is 0 Å². The van der Waals surface area contributed by atoms with Crippen LogP contribution in [-0.2, 0) is 6.42 Å². The molecule has 1 unspecified atom stereocenters. The quantitative estimate of drug-likeness (QED) is 0.736. The second-order valence-corrected chi connectivity index (χ2v) is 5.84. The maximum absolute atomic E-state index is 6.13. The summed E-state index contributed by atoms with van der Waals surface area (Å²) in [7, 11) is 0. The van der Waals surface area contributed by atoms with E-state index in [0.29, 0.717) is 5.92 Å². The molecule has 0 amide bonds. The minimum atomic E-state index is 0.283. The molecular weight excluding hydrogens is 242 g/mol. The van der Waals surface area contributed by atoms with Crippen molar-refractivity contribution in [3.8, 4) is 0 Å². The van der Waals surface area contributed by atoms with Crippen molar-refractivity contribution in [3.05, 3.63) is 35.4 Å². The Morgan fingerprint density at radius 1 is 1.28 bits per heavy atom. The normalized spacial score (nSPS) is 18.3. The van der Waals surface area contributed by atoms with Gasteiger partial charge in [-0.2, -0.15) is 0 Å². The molecule has 0 saturated heterocycles. The van der Waals surface area contributed by atoms with E-state index in [4.69, 9.17) is 11.6 Å². The summed E-state index contributed by atoms with van der Waals surface area (Å²) in [6, 6.07) is 8.79. The Labute approximate surface area is 116 Å². The van der Waals surface area contributed by atoms with Gasteiger partial charge in [0.05, 0.1) is 0 Å². The van der Waals surface area contributed by atoms with Crippen LogP contribution in [0.15, 0.2) is 24.3 Å². The molecule has 1 nitrogen and oxygen atoms in total. The molecule has 18 heavy (non-hydrogen) atoms. The summed E-state index contributed by atoms with van der Waals surface area (Å²) in [5.41, 5.74) is 3.35. The van der Waals surface area contributed by atoms with Crippen molar-refractivity contribution < 1.29 is 0 Å². The van der Waals surface area contributed by atoms with Gasteiger partial charge in [-0.15, -0.1) is 11.6 Å². The van der Waals surface area contributed by atoms with Gasteiger partial charge in [0.15, 0.2) is 0 Å². The number of benzene rings is 1. The van der Waals surface area contributed by atoms with E-state index >= 15 is 0 Å². The maximum Gasteiger partial charge on any atom is 0.0291 e. The second-order valence-electron chi connectivity index (χ2n) is 5.57. The number of alkyl halides is 1. The molecule has 1 aliphatic carbocycles. The summed E-state index contributed by atoms with van der Waals surface area (Å²) in [4.78, 5) is 0. The topological polar surface area (TPSA) is 12.0 Å². The van der Waals surface area contributed by atoms with Gasteiger partial charge in [-0.05, 0) is 35.8 Å². The van der Waals surface area contributed by atoms with Crippen LogP contribution in [0.5, 0.6) is 0 Å². The molecule has 1 aromatic carbocycles. The monoisotopic (exact) mass is 265 g/mol. The summed E-state index contributed by atoms with van der Waals surface area (Å²) in [5.74, 6) is 1.47. The SMILES string of the molecule is CCC(CC)(CCl)CNCC1Cc2ccccc21. The van der Waals surface area contributed by atoms with E-state index in [1.54, 1.807) is 0 Å². The first-order valence-electron chi connectivity index (χ1n) is 7.09. The van der Waals surface area contributed by atoms with Crippen LogP contribution in [-0.4, -0.2) is 19.0 Å². The minimum absolute atomic E-state index is 0.283. The molecule has 1 N–H and O–H groups in total. The molecule has 0 aromatic heterocycles. The van der Waals surface area contributed by atoms with Crippen LogP contribution in [0.25, 0.3) is 0 Å². The summed E-state index contributed by atoms with van der Waals surface area (Å²) in [5, 5.41) is 3.64. The van der Waals surface area contributed by atoms with Crippen molar-refractivity contribution in [1.29, 1.82) is 0 Å². The lowest BCUT2D eigenvalue weighted by molar-refractivity contribution is 0.282. The van der Waals surface area contributed by atoms with Gasteiger partial charge in [-0.25, -0.2) is 0 Å². The zero-order valence-electron chi connectivity index (χ0n) is 11.5. The Hall–Kier alpha value is -0.530. The van der Waals surface area contributed by atoms with E-state index in [0.717, 1.165) is 31.8 Å². The molecule has 0 bridgehead atoms. The first kappa shape index (κ1) is 13.9. The van der Waals surface area contributed by atoms with E-state index in [1.807, 2.05) is 0 Å². The molecule has 0 saturated carbocycles. The highest BCUT2D eigenvalue weighted by Gasteiger charge is 2.28. The lowest BCUT2D eigenvalue weighted by atomic mass is 9.77. The third-order valence-corrected chi connectivity index (χ3v) is 5.20. The zero-order chi connectivity index (χ0) is 13.0. The second kappa shape index (κ2) is 6.08. The predicted octanol–water partition coefficient (Wildman–Crippen LogP) is 3.96. The highest BCUT2D eigenvalue weighted by atomic mass is 35.5. The van der Waals surface area contributed by atoms with Crippen LogP contribution in [0, 0.1) is 5.41 Å². The standard InChI is InChI=1S/C16H24ClN/c1-3-16(4-2,11-17)12-18-10-14-9-13-7-5-6-8-15(13)14/h5-8,14,18H,3-4,9-12H2,1-2H3. The van der Waals surface area contributed by atoms with Gasteiger partial charge in [0.25, 0.3) is 0 Å². The molecule has 1 aromatic rings. The fourth-order valence-electron chi connectivity index (χ4n) is 2.79. The number of fused-ring (bicyclic) bond motifs is 1. The van der Waals surface area contributed by atoms with Gasteiger partial charge < -0.3 is 5.32 Å². The zero-order valence-corrected chi connectivity index (χ0v) is 12.3. The predicted molar refractivity (Wildman–Crippen MR) is 79.5 cm³/mol. The van der Waals surface area contributed by atoms with E-state index in [-0.39, 0.29) is 5.41 Å². The van der Waals surface area contributed by atoms with E-state index in [2.05, 4.69) is 43.4 Å². The summed E-state index contributed by atoms with van der Waals surface area (Å²) >= 11 is 6.13. The molecule has 1 aliphatic rings. The van der Waals surface area contributed by atoms with Crippen molar-refractivity contribution in [2.45, 2.75) is 39.0 Å². The molecule has 0 spiro atoms. The third-order valence-electron chi connectivity index (χ3n) is 4.64. The molecule has 1 atom stereocenters. The van der Waals surface area contributed by atoms with E-state index in [1.165, 1.54) is 17.5 Å². The average molecular weight is 266 g/mol. The van der Waals surface area contributed by atoms with E-state index in [9.17, 15) is 0 Å². The Bertz CT molecular complexity index is 376. The average Bonchev–Trinajstić information content (AvgIpc) is 2.40. The van der Waals surface area contributed by atoms with Crippen LogP contribution in [0.3, 0.4) is 0 Å². The molecule has 0 radical (unpaired) electrons. The Morgan fingerprint density at radius 2 is 2.00 bits per heavy atom. The minimum Gasteiger partial charge on any atom is -0.316 e. The molecule has 0 heterocycles. The lowest BCUT2D eigenvalue weighted by Gasteiger charge is -2.34. The van der Waals surface area contributed by atoms with Gasteiger partial charge in [-0.3, -0.25) is 0 Å². The Balaban J connectivity index is 1.81. The first-order valence-corrected chi connectivity index (χ1v) is 7.62. The third kappa shape index (κ3) is 2.73. The number of nitrogens with one attached hydrogen (secondary N) is 1. The molecule has 2 heteroatoms. The molecule has 0 fully saturated rings. The van der Waals surface area contributed by atoms with Crippen LogP contribution < -0.4 is 5.32 Å². The summed E-state index contributed by atoms with van der Waals surface area (Å²) in [6.45, 7) is 6.62. The number of hydrogen-bond donors (Lipinski definition) is 1. The van der Waals surface area contributed by atoms with Crippen molar-refractivity contribution in [1.82, 2.24) is 5.32 Å². The Kier molecular flexibility index (Phi) is 4.69. The van der Waals surface area contributed by atoms with E-state index < -0.39 is 0 Å². The fourth-order valence-corrected chi connectivity index (χ4v) is 3.27. The Morgan fingerprint density at radius 3 is 2.61 bits per heavy atom. The summed E-state index contributed by atoms with van der Waals surface area (Å²) < 4.78 is 0. The molecular formula is C16H24ClN. The van der Waals surface area contributed by atoms with Crippen molar-refractivity contribution >= 4 is 11.6 Å². The fraction of sp³-hybridized carbons (Fsp3) is 0.625. The maximum atomic E-state index is 6.13. The van der Waals surface area contributed by atoms with Crippen molar-refractivity contribution in [2.75, 3.05) is 19.0 Å². The highest BCUT2D eigenvalue weighted by molar-refractivity contribution is 6.18. The van der Waals surface area contributed by atoms with Gasteiger partial charge in [0, 0.05) is 24.9 Å². The van der Waals surface area contributed by atoms with Crippen LogP contribution in [0.2, 0.25) is 0 Å². The van der Waals surface area contributed by atoms with Crippen LogP contribution in [0.1, 0.15) is 43.7 Å². The van der Waals surface area contributed by atoms with Crippen LogP contribution in [0.4, 0.5) is 0 Å². The number of rotatable bonds is 7. The summed E-state index contributed by atoms with van der Waals surface area (Å²) in [6.07, 6.45) is 3.54. The first-order chi connectivity index (χ1) is 8.74. The largest absolute Gasteiger partial charge is 0.316 e. The van der Waals surface area contributed by atoms with Crippen molar-refractivity contribution in [2.24, 2.45) is 5.41 Å². The number of hydrogen-bond acceptors (Lipinski definition) is 1. The van der Waals surface area contributed by atoms with Gasteiger partial charge >= 0.3 is 0 Å². The molecule has 0 aliphatic heterocycles. The molecule has 100 valence electrons. The van der Waals surface area contributed by atoms with Crippen molar-refractivity contribution in [3.63, 3.8) is 0 Å². The van der Waals surface area contributed by atoms with Gasteiger partial charge in [0.2, 0.25) is 0 Å². The van der Waals surface area contributed by atoms with Gasteiger partial charge in [-0.1, -0.05) is 38.1 Å².